The molecule has 5 N–H and O–H groups in total. The number of carboxylic acids is 1. The summed E-state index contributed by atoms with van der Waals surface area (Å²) in [5.41, 5.74) is 5.19. The van der Waals surface area contributed by atoms with E-state index in [1.807, 2.05) is 6.26 Å². The highest BCUT2D eigenvalue weighted by Gasteiger charge is 2.08. The first-order valence-corrected chi connectivity index (χ1v) is 5.61. The van der Waals surface area contributed by atoms with Gasteiger partial charge in [0.05, 0.1) is 12.7 Å². The second-order valence-corrected chi connectivity index (χ2v) is 3.74. The second-order valence-electron chi connectivity index (χ2n) is 2.76. The van der Waals surface area contributed by atoms with Gasteiger partial charge in [0, 0.05) is 0 Å². The predicted molar refractivity (Wildman–Crippen MR) is 57.4 cm³/mol. The number of aliphatic carboxylic acids is 1. The standard InChI is InChI=1S/C5H11NO2S.C3H8O2/c1-9-3-2-4(6)5(7)8;1-3(5)2-4/h4H,2-3,6H2,1H3,(H,7,8);3-5H,2H2,1H3/t4-;/m0./s1. The van der Waals surface area contributed by atoms with Crippen molar-refractivity contribution in [2.45, 2.75) is 25.5 Å². The zero-order valence-corrected chi connectivity index (χ0v) is 9.33. The monoisotopic (exact) mass is 225 g/mol. The van der Waals surface area contributed by atoms with Gasteiger partial charge in [0.1, 0.15) is 6.04 Å². The molecule has 0 aliphatic rings. The minimum atomic E-state index is -0.913. The first-order valence-electron chi connectivity index (χ1n) is 4.21. The molecule has 0 aromatic rings. The van der Waals surface area contributed by atoms with Gasteiger partial charge >= 0.3 is 5.97 Å². The Bertz CT molecular complexity index is 143. The molecular weight excluding hydrogens is 206 g/mol. The van der Waals surface area contributed by atoms with Crippen LogP contribution in [0.1, 0.15) is 13.3 Å². The van der Waals surface area contributed by atoms with Crippen LogP contribution in [-0.4, -0.2) is 52.1 Å². The average molecular weight is 225 g/mol. The van der Waals surface area contributed by atoms with Crippen molar-refractivity contribution in [3.05, 3.63) is 0 Å². The SMILES string of the molecule is CC(O)CO.CSCC[C@H](N)C(=O)O. The van der Waals surface area contributed by atoms with Crippen LogP contribution in [0.2, 0.25) is 0 Å². The maximum atomic E-state index is 10.1. The third-order valence-electron chi connectivity index (χ3n) is 1.21. The number of carboxylic acid groups (broad SMARTS) is 1. The van der Waals surface area contributed by atoms with Crippen LogP contribution in [0.5, 0.6) is 0 Å². The highest BCUT2D eigenvalue weighted by Crippen LogP contribution is 1.97. The molecular formula is C8H19NO4S. The van der Waals surface area contributed by atoms with E-state index in [0.29, 0.717) is 6.42 Å². The molecule has 86 valence electrons. The quantitative estimate of drug-likeness (QED) is 0.503. The third kappa shape index (κ3) is 14.2. The maximum absolute atomic E-state index is 10.1. The van der Waals surface area contributed by atoms with Gasteiger partial charge in [-0.3, -0.25) is 4.79 Å². The molecule has 0 bridgehead atoms. The zero-order valence-electron chi connectivity index (χ0n) is 8.51. The number of aliphatic hydroxyl groups is 2. The fourth-order valence-corrected chi connectivity index (χ4v) is 0.858. The fraction of sp³-hybridized carbons (Fsp3) is 0.875. The molecule has 2 atom stereocenters. The number of nitrogens with two attached hydrogens (primary N) is 1. The van der Waals surface area contributed by atoms with Crippen LogP contribution in [0, 0.1) is 0 Å². The Morgan fingerprint density at radius 1 is 1.57 bits per heavy atom. The van der Waals surface area contributed by atoms with E-state index in [0.717, 1.165) is 5.75 Å². The number of thioether (sulfide) groups is 1. The van der Waals surface area contributed by atoms with Crippen molar-refractivity contribution in [2.75, 3.05) is 18.6 Å². The summed E-state index contributed by atoms with van der Waals surface area (Å²) in [6.45, 7) is 1.39. The van der Waals surface area contributed by atoms with Gasteiger partial charge in [0.2, 0.25) is 0 Å². The number of hydrogen-bond acceptors (Lipinski definition) is 5. The summed E-state index contributed by atoms with van der Waals surface area (Å²) in [4.78, 5) is 10.1. The summed E-state index contributed by atoms with van der Waals surface area (Å²) in [7, 11) is 0. The predicted octanol–water partition coefficient (Wildman–Crippen LogP) is -0.489. The van der Waals surface area contributed by atoms with Gasteiger partial charge in [-0.2, -0.15) is 11.8 Å². The number of aliphatic hydroxyl groups excluding tert-OH is 2. The van der Waals surface area contributed by atoms with Gasteiger partial charge in [-0.25, -0.2) is 0 Å². The topological polar surface area (TPSA) is 104 Å². The van der Waals surface area contributed by atoms with Crippen LogP contribution in [0.4, 0.5) is 0 Å². The lowest BCUT2D eigenvalue weighted by atomic mass is 10.2. The summed E-state index contributed by atoms with van der Waals surface area (Å²) in [5.74, 6) is -0.1000. The highest BCUT2D eigenvalue weighted by atomic mass is 32.2. The van der Waals surface area contributed by atoms with Crippen LogP contribution < -0.4 is 5.73 Å². The molecule has 0 saturated carbocycles. The summed E-state index contributed by atoms with van der Waals surface area (Å²) >= 11 is 1.60. The van der Waals surface area contributed by atoms with Gasteiger partial charge in [-0.1, -0.05) is 0 Å². The molecule has 0 radical (unpaired) electrons. The molecule has 0 aromatic heterocycles. The molecule has 0 rings (SSSR count). The van der Waals surface area contributed by atoms with Gasteiger partial charge in [0.25, 0.3) is 0 Å². The van der Waals surface area contributed by atoms with Gasteiger partial charge in [-0.05, 0) is 25.4 Å². The van der Waals surface area contributed by atoms with E-state index >= 15 is 0 Å². The van der Waals surface area contributed by atoms with Crippen LogP contribution >= 0.6 is 11.8 Å². The lowest BCUT2D eigenvalue weighted by molar-refractivity contribution is -0.138. The van der Waals surface area contributed by atoms with Crippen molar-refractivity contribution < 1.29 is 20.1 Å². The summed E-state index contributed by atoms with van der Waals surface area (Å²) < 4.78 is 0. The minimum Gasteiger partial charge on any atom is -0.480 e. The molecule has 0 aromatic carbocycles. The molecule has 1 unspecified atom stereocenters. The summed E-state index contributed by atoms with van der Waals surface area (Å²) in [6, 6.07) is -0.683. The molecule has 0 aliphatic carbocycles. The first kappa shape index (κ1) is 16.1. The summed E-state index contributed by atoms with van der Waals surface area (Å²) in [5, 5.41) is 24.3. The molecule has 14 heavy (non-hydrogen) atoms. The maximum Gasteiger partial charge on any atom is 0.320 e. The normalized spacial score (nSPS) is 13.8. The fourth-order valence-electron chi connectivity index (χ4n) is 0.368. The van der Waals surface area contributed by atoms with Crippen molar-refractivity contribution >= 4 is 17.7 Å². The third-order valence-corrected chi connectivity index (χ3v) is 1.86. The van der Waals surface area contributed by atoms with E-state index in [9.17, 15) is 4.79 Å². The molecule has 5 nitrogen and oxygen atoms in total. The van der Waals surface area contributed by atoms with E-state index in [-0.39, 0.29) is 6.61 Å². The molecule has 6 heteroatoms. The first-order chi connectivity index (χ1) is 6.45. The second kappa shape index (κ2) is 10.8. The Balaban J connectivity index is 0. The number of carbonyl (C=O) groups is 1. The van der Waals surface area contributed by atoms with E-state index < -0.39 is 18.1 Å². The molecule has 0 heterocycles. The van der Waals surface area contributed by atoms with Gasteiger partial charge < -0.3 is 21.1 Å². The number of rotatable bonds is 5. The van der Waals surface area contributed by atoms with E-state index in [1.165, 1.54) is 6.92 Å². The Labute approximate surface area is 88.3 Å². The minimum absolute atomic E-state index is 0.139. The smallest absolute Gasteiger partial charge is 0.320 e. The van der Waals surface area contributed by atoms with Gasteiger partial charge in [0.15, 0.2) is 0 Å². The van der Waals surface area contributed by atoms with Crippen LogP contribution in [0.3, 0.4) is 0 Å². The average Bonchev–Trinajstić information content (AvgIpc) is 2.14. The van der Waals surface area contributed by atoms with Crippen molar-refractivity contribution in [1.82, 2.24) is 0 Å². The summed E-state index contributed by atoms with van der Waals surface area (Å²) in [6.07, 6.45) is 1.92. The molecule has 0 fully saturated rings. The Kier molecular flexibility index (Phi) is 12.4. The van der Waals surface area contributed by atoms with Gasteiger partial charge in [-0.15, -0.1) is 0 Å². The van der Waals surface area contributed by atoms with Crippen molar-refractivity contribution in [3.63, 3.8) is 0 Å². The Hall–Kier alpha value is -0.300. The van der Waals surface area contributed by atoms with Crippen molar-refractivity contribution in [2.24, 2.45) is 5.73 Å². The molecule has 0 amide bonds. The van der Waals surface area contributed by atoms with E-state index in [4.69, 9.17) is 21.1 Å². The zero-order chi connectivity index (χ0) is 11.6. The highest BCUT2D eigenvalue weighted by molar-refractivity contribution is 7.98. The van der Waals surface area contributed by atoms with Crippen LogP contribution in [0.25, 0.3) is 0 Å². The largest absolute Gasteiger partial charge is 0.480 e. The molecule has 0 aliphatic heterocycles. The molecule has 0 spiro atoms. The van der Waals surface area contributed by atoms with Crippen molar-refractivity contribution in [1.29, 1.82) is 0 Å². The lowest BCUT2D eigenvalue weighted by Gasteiger charge is -2.02. The lowest BCUT2D eigenvalue weighted by Crippen LogP contribution is -2.30. The Morgan fingerprint density at radius 2 is 2.00 bits per heavy atom. The van der Waals surface area contributed by atoms with Crippen molar-refractivity contribution in [3.8, 4) is 0 Å². The van der Waals surface area contributed by atoms with E-state index in [1.54, 1.807) is 11.8 Å². The number of hydrogen-bond donors (Lipinski definition) is 4. The molecule has 0 saturated heterocycles. The Morgan fingerprint density at radius 3 is 2.21 bits per heavy atom. The van der Waals surface area contributed by atoms with Crippen LogP contribution in [-0.2, 0) is 4.79 Å². The van der Waals surface area contributed by atoms with Crippen LogP contribution in [0.15, 0.2) is 0 Å². The van der Waals surface area contributed by atoms with E-state index in [2.05, 4.69) is 0 Å².